The van der Waals surface area contributed by atoms with Crippen molar-refractivity contribution in [3.8, 4) is 0 Å². The van der Waals surface area contributed by atoms with Gasteiger partial charge in [-0.3, -0.25) is 4.79 Å². The van der Waals surface area contributed by atoms with Crippen LogP contribution < -0.4 is 16.0 Å². The summed E-state index contributed by atoms with van der Waals surface area (Å²) in [5, 5.41) is 2.80. The number of amides is 1. The molecule has 0 radical (unpaired) electrons. The summed E-state index contributed by atoms with van der Waals surface area (Å²) in [5.41, 5.74) is 10.2. The van der Waals surface area contributed by atoms with E-state index in [0.717, 1.165) is 11.3 Å². The van der Waals surface area contributed by atoms with Crippen LogP contribution in [-0.2, 0) is 10.2 Å². The Balaban J connectivity index is 1.75. The minimum Gasteiger partial charge on any atom is -0.367 e. The predicted molar refractivity (Wildman–Crippen MR) is 109 cm³/mol. The Morgan fingerprint density at radius 2 is 1.85 bits per heavy atom. The monoisotopic (exact) mass is 349 g/mol. The highest BCUT2D eigenvalue weighted by Gasteiger charge is 2.41. The third-order valence-corrected chi connectivity index (χ3v) is 5.20. The first-order valence-electron chi connectivity index (χ1n) is 8.98. The van der Waals surface area contributed by atoms with E-state index in [1.54, 1.807) is 6.92 Å². The molecule has 0 aromatic heterocycles. The molecule has 1 unspecified atom stereocenters. The van der Waals surface area contributed by atoms with Crippen molar-refractivity contribution in [2.45, 2.75) is 38.3 Å². The zero-order chi connectivity index (χ0) is 18.9. The van der Waals surface area contributed by atoms with Crippen molar-refractivity contribution >= 4 is 23.4 Å². The normalized spacial score (nSPS) is 19.4. The maximum Gasteiger partial charge on any atom is 0.240 e. The standard InChI is InChI=1S/C22H27N3O/c1-15(23)21(26)24-17-12-9-16(10-13-17)11-14-20-22(2,3)18-7-5-6-8-19(18)25(20)4/h5-15,20H,23H2,1-4H3,(H,24,26)/t15-,20?/m0/s1. The van der Waals surface area contributed by atoms with Crippen molar-refractivity contribution in [1.82, 2.24) is 0 Å². The van der Waals surface area contributed by atoms with Crippen LogP contribution in [0.25, 0.3) is 6.08 Å². The molecule has 0 spiro atoms. The summed E-state index contributed by atoms with van der Waals surface area (Å²) in [7, 11) is 2.15. The molecule has 2 atom stereocenters. The molecular weight excluding hydrogens is 322 g/mol. The number of rotatable bonds is 4. The van der Waals surface area contributed by atoms with E-state index in [1.807, 2.05) is 24.3 Å². The number of hydrogen-bond acceptors (Lipinski definition) is 3. The average molecular weight is 349 g/mol. The summed E-state index contributed by atoms with van der Waals surface area (Å²) < 4.78 is 0. The quantitative estimate of drug-likeness (QED) is 0.883. The van der Waals surface area contributed by atoms with Gasteiger partial charge in [0.15, 0.2) is 0 Å². The van der Waals surface area contributed by atoms with Crippen molar-refractivity contribution in [1.29, 1.82) is 0 Å². The van der Waals surface area contributed by atoms with Crippen LogP contribution >= 0.6 is 0 Å². The van der Waals surface area contributed by atoms with Crippen LogP contribution in [0.1, 0.15) is 31.9 Å². The molecule has 26 heavy (non-hydrogen) atoms. The lowest BCUT2D eigenvalue weighted by Gasteiger charge is -2.29. The largest absolute Gasteiger partial charge is 0.367 e. The van der Waals surface area contributed by atoms with Crippen LogP contribution in [0.3, 0.4) is 0 Å². The molecule has 1 amide bonds. The number of anilines is 2. The number of hydrogen-bond donors (Lipinski definition) is 2. The van der Waals surface area contributed by atoms with Crippen LogP contribution in [0.15, 0.2) is 54.6 Å². The van der Waals surface area contributed by atoms with E-state index in [9.17, 15) is 4.79 Å². The van der Waals surface area contributed by atoms with Gasteiger partial charge in [-0.05, 0) is 36.2 Å². The van der Waals surface area contributed by atoms with E-state index >= 15 is 0 Å². The van der Waals surface area contributed by atoms with Gasteiger partial charge in [0, 0.05) is 23.8 Å². The molecule has 3 N–H and O–H groups in total. The van der Waals surface area contributed by atoms with E-state index in [1.165, 1.54) is 11.3 Å². The predicted octanol–water partition coefficient (Wildman–Crippen LogP) is 3.78. The molecule has 136 valence electrons. The first-order chi connectivity index (χ1) is 12.3. The molecule has 1 aliphatic rings. The van der Waals surface area contributed by atoms with Crippen LogP contribution in [0.4, 0.5) is 11.4 Å². The number of carbonyl (C=O) groups excluding carboxylic acids is 1. The lowest BCUT2D eigenvalue weighted by Crippen LogP contribution is -2.37. The van der Waals surface area contributed by atoms with E-state index in [-0.39, 0.29) is 17.4 Å². The molecule has 2 aromatic carbocycles. The van der Waals surface area contributed by atoms with Gasteiger partial charge in [0.1, 0.15) is 0 Å². The molecule has 0 fully saturated rings. The number of nitrogens with one attached hydrogen (secondary N) is 1. The van der Waals surface area contributed by atoms with Gasteiger partial charge in [-0.2, -0.15) is 0 Å². The van der Waals surface area contributed by atoms with Crippen molar-refractivity contribution < 1.29 is 4.79 Å². The van der Waals surface area contributed by atoms with Gasteiger partial charge in [-0.25, -0.2) is 0 Å². The topological polar surface area (TPSA) is 58.4 Å². The Bertz CT molecular complexity index is 822. The van der Waals surface area contributed by atoms with Gasteiger partial charge >= 0.3 is 0 Å². The number of nitrogens with zero attached hydrogens (tertiary/aromatic N) is 1. The van der Waals surface area contributed by atoms with Crippen LogP contribution in [0.2, 0.25) is 0 Å². The van der Waals surface area contributed by atoms with Crippen molar-refractivity contribution in [2.75, 3.05) is 17.3 Å². The Kier molecular flexibility index (Phi) is 4.88. The maximum atomic E-state index is 11.7. The van der Waals surface area contributed by atoms with Gasteiger partial charge < -0.3 is 16.0 Å². The molecule has 2 aromatic rings. The van der Waals surface area contributed by atoms with E-state index in [0.29, 0.717) is 0 Å². The molecule has 1 heterocycles. The lowest BCUT2D eigenvalue weighted by atomic mass is 9.80. The minimum atomic E-state index is -0.517. The summed E-state index contributed by atoms with van der Waals surface area (Å²) in [6.07, 6.45) is 4.40. The molecule has 1 aliphatic heterocycles. The van der Waals surface area contributed by atoms with Crippen molar-refractivity contribution in [3.05, 3.63) is 65.7 Å². The molecule has 4 nitrogen and oxygen atoms in total. The fourth-order valence-corrected chi connectivity index (χ4v) is 3.62. The third-order valence-electron chi connectivity index (χ3n) is 5.20. The molecule has 0 aliphatic carbocycles. The van der Waals surface area contributed by atoms with E-state index in [2.05, 4.69) is 67.5 Å². The second kappa shape index (κ2) is 6.96. The molecule has 4 heteroatoms. The molecule has 0 bridgehead atoms. The Morgan fingerprint density at radius 3 is 2.46 bits per heavy atom. The second-order valence-corrected chi connectivity index (χ2v) is 7.55. The Morgan fingerprint density at radius 1 is 1.19 bits per heavy atom. The summed E-state index contributed by atoms with van der Waals surface area (Å²) in [6, 6.07) is 16.2. The first kappa shape index (κ1) is 18.2. The summed E-state index contributed by atoms with van der Waals surface area (Å²) >= 11 is 0. The number of likely N-dealkylation sites (N-methyl/N-ethyl adjacent to an activating group) is 1. The van der Waals surface area contributed by atoms with Gasteiger partial charge in [-0.1, -0.05) is 56.3 Å². The number of benzene rings is 2. The maximum absolute atomic E-state index is 11.7. The molecular formula is C22H27N3O. The van der Waals surface area contributed by atoms with Crippen molar-refractivity contribution in [2.24, 2.45) is 5.73 Å². The van der Waals surface area contributed by atoms with Gasteiger partial charge in [-0.15, -0.1) is 0 Å². The highest BCUT2D eigenvalue weighted by atomic mass is 16.2. The molecule has 0 saturated heterocycles. The van der Waals surface area contributed by atoms with E-state index < -0.39 is 6.04 Å². The zero-order valence-corrected chi connectivity index (χ0v) is 15.9. The highest BCUT2D eigenvalue weighted by molar-refractivity contribution is 5.94. The highest BCUT2D eigenvalue weighted by Crippen LogP contribution is 2.44. The third kappa shape index (κ3) is 3.37. The fraction of sp³-hybridized carbons (Fsp3) is 0.318. The van der Waals surface area contributed by atoms with Gasteiger partial charge in [0.05, 0.1) is 12.1 Å². The number of nitrogens with two attached hydrogens (primary N) is 1. The summed E-state index contributed by atoms with van der Waals surface area (Å²) in [6.45, 7) is 6.25. The zero-order valence-electron chi connectivity index (χ0n) is 15.9. The minimum absolute atomic E-state index is 0.0486. The lowest BCUT2D eigenvalue weighted by molar-refractivity contribution is -0.117. The Hall–Kier alpha value is -2.59. The van der Waals surface area contributed by atoms with Crippen LogP contribution in [0.5, 0.6) is 0 Å². The van der Waals surface area contributed by atoms with Crippen molar-refractivity contribution in [3.63, 3.8) is 0 Å². The summed E-state index contributed by atoms with van der Waals surface area (Å²) in [4.78, 5) is 14.0. The second-order valence-electron chi connectivity index (χ2n) is 7.55. The number of fused-ring (bicyclic) bond motifs is 1. The molecule has 0 saturated carbocycles. The molecule has 3 rings (SSSR count). The Labute approximate surface area is 155 Å². The number of para-hydroxylation sites is 1. The number of carbonyl (C=O) groups is 1. The van der Waals surface area contributed by atoms with Gasteiger partial charge in [0.25, 0.3) is 0 Å². The summed E-state index contributed by atoms with van der Waals surface area (Å²) in [5.74, 6) is -0.180. The van der Waals surface area contributed by atoms with Crippen LogP contribution in [-0.4, -0.2) is 25.0 Å². The smallest absolute Gasteiger partial charge is 0.240 e. The fourth-order valence-electron chi connectivity index (χ4n) is 3.62. The van der Waals surface area contributed by atoms with Gasteiger partial charge in [0.2, 0.25) is 5.91 Å². The van der Waals surface area contributed by atoms with Crippen LogP contribution in [0, 0.1) is 0 Å². The average Bonchev–Trinajstić information content (AvgIpc) is 2.81. The first-order valence-corrected chi connectivity index (χ1v) is 8.98. The van der Waals surface area contributed by atoms with E-state index in [4.69, 9.17) is 5.73 Å². The SMILES string of the molecule is C[C@H](N)C(=O)Nc1ccc(C=CC2N(C)c3ccccc3C2(C)C)cc1.